The summed E-state index contributed by atoms with van der Waals surface area (Å²) in [5.41, 5.74) is 1.38. The first kappa shape index (κ1) is 20.6. The zero-order chi connectivity index (χ0) is 22.2. The maximum atomic E-state index is 13.1. The van der Waals surface area contributed by atoms with Crippen LogP contribution in [0.2, 0.25) is 0 Å². The monoisotopic (exact) mass is 449 g/mol. The van der Waals surface area contributed by atoms with Crippen molar-refractivity contribution >= 4 is 38.4 Å². The summed E-state index contributed by atoms with van der Waals surface area (Å²) in [4.78, 5) is 51.7. The molecule has 3 aromatic heterocycles. The van der Waals surface area contributed by atoms with Gasteiger partial charge >= 0.3 is 0 Å². The van der Waals surface area contributed by atoms with E-state index in [4.69, 9.17) is 4.98 Å². The molecule has 0 spiro atoms. The number of fused-ring (bicyclic) bond motifs is 3. The van der Waals surface area contributed by atoms with E-state index < -0.39 is 0 Å². The second-order valence-corrected chi connectivity index (χ2v) is 9.11. The molecule has 1 amide bonds. The maximum Gasteiger partial charge on any atom is 0.268 e. The third-order valence-corrected chi connectivity index (χ3v) is 6.81. The Morgan fingerprint density at radius 3 is 2.84 bits per heavy atom. The summed E-state index contributed by atoms with van der Waals surface area (Å²) in [6.07, 6.45) is 5.04. The molecule has 0 atom stereocenters. The predicted octanol–water partition coefficient (Wildman–Crippen LogP) is 3.08. The zero-order valence-electron chi connectivity index (χ0n) is 17.8. The van der Waals surface area contributed by atoms with Crippen molar-refractivity contribution in [2.75, 3.05) is 7.05 Å². The number of aryl methyl sites for hydroxylation is 1. The first-order valence-electron chi connectivity index (χ1n) is 10.8. The van der Waals surface area contributed by atoms with Gasteiger partial charge in [0.1, 0.15) is 16.3 Å². The third-order valence-electron chi connectivity index (χ3n) is 5.91. The lowest BCUT2D eigenvalue weighted by Crippen LogP contribution is -2.29. The van der Waals surface area contributed by atoms with E-state index in [0.29, 0.717) is 39.1 Å². The lowest BCUT2D eigenvalue weighted by atomic mass is 10.1. The van der Waals surface area contributed by atoms with Crippen molar-refractivity contribution in [2.45, 2.75) is 45.2 Å². The standard InChI is InChI=1S/C23H23N5O3S/c1-27(13-18-24-16-9-11-32-20(16)21(29)26-18)22(30)14-7-8-15-17(12-14)25-19-6-4-2-3-5-10-28(19)23(15)31/h7-9,11-12H,2-6,10,13H2,1H3,(H,24,26,29). The van der Waals surface area contributed by atoms with E-state index in [1.54, 1.807) is 35.9 Å². The predicted molar refractivity (Wildman–Crippen MR) is 124 cm³/mol. The third kappa shape index (κ3) is 3.73. The molecular formula is C23H23N5O3S. The van der Waals surface area contributed by atoms with Crippen molar-refractivity contribution in [1.82, 2.24) is 24.4 Å². The highest BCUT2D eigenvalue weighted by Crippen LogP contribution is 2.18. The number of amides is 1. The van der Waals surface area contributed by atoms with Gasteiger partial charge in [-0.2, -0.15) is 0 Å². The molecule has 1 N–H and O–H groups in total. The molecule has 0 fully saturated rings. The molecule has 1 aliphatic rings. The van der Waals surface area contributed by atoms with Gasteiger partial charge in [0, 0.05) is 25.6 Å². The summed E-state index contributed by atoms with van der Waals surface area (Å²) in [5.74, 6) is 0.995. The summed E-state index contributed by atoms with van der Waals surface area (Å²) < 4.78 is 2.36. The average Bonchev–Trinajstić information content (AvgIpc) is 3.23. The minimum Gasteiger partial charge on any atom is -0.334 e. The number of nitrogens with one attached hydrogen (secondary N) is 1. The molecule has 4 aromatic rings. The number of thiophene rings is 1. The smallest absolute Gasteiger partial charge is 0.268 e. The molecule has 9 heteroatoms. The molecule has 0 unspecified atom stereocenters. The fourth-order valence-electron chi connectivity index (χ4n) is 4.24. The van der Waals surface area contributed by atoms with Crippen molar-refractivity contribution in [3.8, 4) is 0 Å². The number of carbonyl (C=O) groups is 1. The number of hydrogen-bond donors (Lipinski definition) is 1. The van der Waals surface area contributed by atoms with Gasteiger partial charge in [-0.25, -0.2) is 9.97 Å². The summed E-state index contributed by atoms with van der Waals surface area (Å²) in [6.45, 7) is 0.859. The number of aromatic amines is 1. The topological polar surface area (TPSA) is 101 Å². The molecular weight excluding hydrogens is 426 g/mol. The highest BCUT2D eigenvalue weighted by molar-refractivity contribution is 7.17. The van der Waals surface area contributed by atoms with Gasteiger partial charge < -0.3 is 9.88 Å². The van der Waals surface area contributed by atoms with Crippen LogP contribution in [0.25, 0.3) is 21.1 Å². The Bertz CT molecular complexity index is 1450. The van der Waals surface area contributed by atoms with Gasteiger partial charge in [0.05, 0.1) is 23.0 Å². The first-order chi connectivity index (χ1) is 15.5. The van der Waals surface area contributed by atoms with Crippen molar-refractivity contribution in [3.05, 3.63) is 67.6 Å². The lowest BCUT2D eigenvalue weighted by Gasteiger charge is -2.18. The van der Waals surface area contributed by atoms with Crippen molar-refractivity contribution in [3.63, 3.8) is 0 Å². The Morgan fingerprint density at radius 2 is 1.97 bits per heavy atom. The second kappa shape index (κ2) is 8.31. The van der Waals surface area contributed by atoms with E-state index in [-0.39, 0.29) is 23.6 Å². The Balaban J connectivity index is 1.45. The Hall–Kier alpha value is -3.33. The number of H-pyrrole nitrogens is 1. The van der Waals surface area contributed by atoms with Crippen LogP contribution in [0.15, 0.2) is 39.2 Å². The van der Waals surface area contributed by atoms with Crippen LogP contribution in [-0.2, 0) is 19.5 Å². The molecule has 5 rings (SSSR count). The van der Waals surface area contributed by atoms with Crippen LogP contribution >= 0.6 is 11.3 Å². The summed E-state index contributed by atoms with van der Waals surface area (Å²) in [7, 11) is 1.66. The van der Waals surface area contributed by atoms with E-state index in [1.165, 1.54) is 16.2 Å². The summed E-state index contributed by atoms with van der Waals surface area (Å²) in [5, 5.41) is 2.35. The van der Waals surface area contributed by atoms with Gasteiger partial charge in [0.15, 0.2) is 0 Å². The van der Waals surface area contributed by atoms with Crippen LogP contribution in [0, 0.1) is 0 Å². The zero-order valence-corrected chi connectivity index (χ0v) is 18.6. The molecule has 1 aromatic carbocycles. The molecule has 0 bridgehead atoms. The number of carbonyl (C=O) groups excluding carboxylic acids is 1. The SMILES string of the molecule is CN(Cc1nc2ccsc2c(=O)[nH]1)C(=O)c1ccc2c(=O)n3c(nc2c1)CCCCCC3. The normalized spacial score (nSPS) is 14.2. The molecule has 32 heavy (non-hydrogen) atoms. The molecule has 164 valence electrons. The average molecular weight is 450 g/mol. The molecule has 0 radical (unpaired) electrons. The van der Waals surface area contributed by atoms with Crippen LogP contribution in [-0.4, -0.2) is 37.4 Å². The van der Waals surface area contributed by atoms with Crippen molar-refractivity contribution < 1.29 is 4.79 Å². The number of rotatable bonds is 3. The fraction of sp³-hybridized carbons (Fsp3) is 0.348. The highest BCUT2D eigenvalue weighted by atomic mass is 32.1. The molecule has 8 nitrogen and oxygen atoms in total. The number of aromatic nitrogens is 4. The van der Waals surface area contributed by atoms with E-state index >= 15 is 0 Å². The van der Waals surface area contributed by atoms with E-state index in [2.05, 4.69) is 9.97 Å². The number of benzene rings is 1. The lowest BCUT2D eigenvalue weighted by molar-refractivity contribution is 0.0781. The van der Waals surface area contributed by atoms with Crippen LogP contribution < -0.4 is 11.1 Å². The molecule has 1 aliphatic heterocycles. The Kier molecular flexibility index (Phi) is 5.34. The molecule has 0 saturated carbocycles. The van der Waals surface area contributed by atoms with Crippen LogP contribution in [0.5, 0.6) is 0 Å². The van der Waals surface area contributed by atoms with Crippen LogP contribution in [0.4, 0.5) is 0 Å². The number of nitrogens with zero attached hydrogens (tertiary/aromatic N) is 4. The van der Waals surface area contributed by atoms with E-state index in [1.807, 2.05) is 5.38 Å². The van der Waals surface area contributed by atoms with Gasteiger partial charge in [-0.1, -0.05) is 12.8 Å². The van der Waals surface area contributed by atoms with E-state index in [0.717, 1.165) is 37.9 Å². The minimum absolute atomic E-state index is 0.0369. The number of hydrogen-bond acceptors (Lipinski definition) is 6. The molecule has 4 heterocycles. The van der Waals surface area contributed by atoms with Gasteiger partial charge in [-0.05, 0) is 42.5 Å². The van der Waals surface area contributed by atoms with Crippen LogP contribution in [0.3, 0.4) is 0 Å². The highest BCUT2D eigenvalue weighted by Gasteiger charge is 2.18. The molecule has 0 aliphatic carbocycles. The first-order valence-corrected chi connectivity index (χ1v) is 11.6. The van der Waals surface area contributed by atoms with Crippen LogP contribution in [0.1, 0.15) is 47.7 Å². The van der Waals surface area contributed by atoms with E-state index in [9.17, 15) is 14.4 Å². The van der Waals surface area contributed by atoms with Gasteiger partial charge in [-0.15, -0.1) is 11.3 Å². The van der Waals surface area contributed by atoms with Gasteiger partial charge in [0.2, 0.25) is 0 Å². The minimum atomic E-state index is -0.228. The molecule has 0 saturated heterocycles. The van der Waals surface area contributed by atoms with Crippen molar-refractivity contribution in [2.24, 2.45) is 0 Å². The summed E-state index contributed by atoms with van der Waals surface area (Å²) >= 11 is 1.34. The second-order valence-electron chi connectivity index (χ2n) is 8.19. The summed E-state index contributed by atoms with van der Waals surface area (Å²) in [6, 6.07) is 6.83. The largest absolute Gasteiger partial charge is 0.334 e. The van der Waals surface area contributed by atoms with Gasteiger partial charge in [0.25, 0.3) is 17.0 Å². The van der Waals surface area contributed by atoms with Gasteiger partial charge in [-0.3, -0.25) is 19.0 Å². The Labute approximate surface area is 187 Å². The van der Waals surface area contributed by atoms with Crippen molar-refractivity contribution in [1.29, 1.82) is 0 Å². The fourth-order valence-corrected chi connectivity index (χ4v) is 4.97. The maximum absolute atomic E-state index is 13.1. The Morgan fingerprint density at radius 1 is 1.12 bits per heavy atom. The quantitative estimate of drug-likeness (QED) is 0.518.